The third-order valence-electron chi connectivity index (χ3n) is 4.11. The molecule has 1 N–H and O–H groups in total. The Morgan fingerprint density at radius 2 is 1.88 bits per heavy atom. The van der Waals surface area contributed by atoms with Crippen molar-refractivity contribution in [3.8, 4) is 0 Å². The van der Waals surface area contributed by atoms with E-state index < -0.39 is 0 Å². The molecule has 3 rings (SSSR count). The number of amides is 1. The van der Waals surface area contributed by atoms with Gasteiger partial charge in [0.05, 0.1) is 12.7 Å². The molecule has 124 valence electrons. The SMILES string of the molecule is Cc1cc(Cl)ccc1NC(=O)Cc1coc2cc(C)c(Cl)c(C)c12. The summed E-state index contributed by atoms with van der Waals surface area (Å²) in [6.45, 7) is 5.78. The van der Waals surface area contributed by atoms with Crippen LogP contribution < -0.4 is 5.32 Å². The average molecular weight is 362 g/mol. The van der Waals surface area contributed by atoms with Crippen LogP contribution in [0.2, 0.25) is 10.0 Å². The van der Waals surface area contributed by atoms with Gasteiger partial charge < -0.3 is 9.73 Å². The van der Waals surface area contributed by atoms with Crippen molar-refractivity contribution in [3.05, 3.63) is 62.8 Å². The van der Waals surface area contributed by atoms with E-state index in [-0.39, 0.29) is 12.3 Å². The number of nitrogens with one attached hydrogen (secondary N) is 1. The second-order valence-corrected chi connectivity index (χ2v) is 6.77. The summed E-state index contributed by atoms with van der Waals surface area (Å²) in [7, 11) is 0. The summed E-state index contributed by atoms with van der Waals surface area (Å²) in [6, 6.07) is 7.27. The van der Waals surface area contributed by atoms with Crippen LogP contribution in [-0.2, 0) is 11.2 Å². The average Bonchev–Trinajstić information content (AvgIpc) is 2.90. The Labute approximate surface area is 150 Å². The third-order valence-corrected chi connectivity index (χ3v) is 4.92. The van der Waals surface area contributed by atoms with Crippen LogP contribution >= 0.6 is 23.2 Å². The number of fused-ring (bicyclic) bond motifs is 1. The molecular formula is C19H17Cl2NO2. The summed E-state index contributed by atoms with van der Waals surface area (Å²) >= 11 is 12.3. The molecule has 0 saturated heterocycles. The molecule has 2 aromatic carbocycles. The zero-order chi connectivity index (χ0) is 17.4. The number of anilines is 1. The van der Waals surface area contributed by atoms with E-state index in [4.69, 9.17) is 27.6 Å². The van der Waals surface area contributed by atoms with Crippen molar-refractivity contribution in [1.82, 2.24) is 0 Å². The second-order valence-electron chi connectivity index (χ2n) is 5.95. The number of hydrogen-bond donors (Lipinski definition) is 1. The van der Waals surface area contributed by atoms with E-state index in [9.17, 15) is 4.79 Å². The fourth-order valence-electron chi connectivity index (χ4n) is 2.87. The van der Waals surface area contributed by atoms with E-state index in [0.29, 0.717) is 10.0 Å². The first kappa shape index (κ1) is 16.9. The van der Waals surface area contributed by atoms with Crippen LogP contribution in [0.1, 0.15) is 22.3 Å². The highest BCUT2D eigenvalue weighted by Gasteiger charge is 2.16. The molecule has 3 nitrogen and oxygen atoms in total. The van der Waals surface area contributed by atoms with Crippen LogP contribution in [0.3, 0.4) is 0 Å². The summed E-state index contributed by atoms with van der Waals surface area (Å²) in [4.78, 5) is 12.4. The number of aryl methyl sites for hydroxylation is 3. The maximum absolute atomic E-state index is 12.4. The number of halogens is 2. The second kappa shape index (κ2) is 6.50. The van der Waals surface area contributed by atoms with Crippen molar-refractivity contribution in [3.63, 3.8) is 0 Å². The van der Waals surface area contributed by atoms with Crippen molar-refractivity contribution >= 4 is 45.8 Å². The number of carbonyl (C=O) groups is 1. The first-order chi connectivity index (χ1) is 11.4. The first-order valence-electron chi connectivity index (χ1n) is 7.58. The predicted octanol–water partition coefficient (Wildman–Crippen LogP) is 5.85. The zero-order valence-electron chi connectivity index (χ0n) is 13.7. The standard InChI is InChI=1S/C19H17Cl2NO2/c1-10-6-14(20)4-5-15(10)22-17(23)8-13-9-24-16-7-11(2)19(21)12(3)18(13)16/h4-7,9H,8H2,1-3H3,(H,22,23). The van der Waals surface area contributed by atoms with Crippen molar-refractivity contribution in [2.24, 2.45) is 0 Å². The smallest absolute Gasteiger partial charge is 0.228 e. The van der Waals surface area contributed by atoms with Gasteiger partial charge in [-0.3, -0.25) is 4.79 Å². The largest absolute Gasteiger partial charge is 0.464 e. The molecule has 5 heteroatoms. The van der Waals surface area contributed by atoms with Gasteiger partial charge in [0, 0.05) is 26.7 Å². The van der Waals surface area contributed by atoms with Crippen LogP contribution in [0, 0.1) is 20.8 Å². The van der Waals surface area contributed by atoms with Crippen LogP contribution in [0.5, 0.6) is 0 Å². The van der Waals surface area contributed by atoms with Crippen molar-refractivity contribution in [2.75, 3.05) is 5.32 Å². The van der Waals surface area contributed by atoms with E-state index in [2.05, 4.69) is 5.32 Å². The molecule has 0 spiro atoms. The fourth-order valence-corrected chi connectivity index (χ4v) is 3.25. The molecule has 0 atom stereocenters. The van der Waals surface area contributed by atoms with E-state index in [0.717, 1.165) is 38.9 Å². The van der Waals surface area contributed by atoms with Gasteiger partial charge in [-0.1, -0.05) is 23.2 Å². The number of hydrogen-bond acceptors (Lipinski definition) is 2. The Balaban J connectivity index is 1.87. The number of benzene rings is 2. The molecular weight excluding hydrogens is 345 g/mol. The summed E-state index contributed by atoms with van der Waals surface area (Å²) < 4.78 is 5.60. The number of furan rings is 1. The molecule has 0 radical (unpaired) electrons. The van der Waals surface area contributed by atoms with Crippen molar-refractivity contribution in [1.29, 1.82) is 0 Å². The molecule has 0 unspecified atom stereocenters. The summed E-state index contributed by atoms with van der Waals surface area (Å²) in [5, 5.41) is 5.18. The van der Waals surface area contributed by atoms with Gasteiger partial charge in [0.15, 0.2) is 0 Å². The molecule has 0 aliphatic rings. The molecule has 24 heavy (non-hydrogen) atoms. The highest BCUT2D eigenvalue weighted by molar-refractivity contribution is 6.33. The summed E-state index contributed by atoms with van der Waals surface area (Å²) in [5.41, 5.74) is 5.15. The van der Waals surface area contributed by atoms with Crippen LogP contribution in [0.25, 0.3) is 11.0 Å². The van der Waals surface area contributed by atoms with Gasteiger partial charge in [-0.05, 0) is 61.7 Å². The molecule has 1 amide bonds. The molecule has 0 aliphatic heterocycles. The van der Waals surface area contributed by atoms with Gasteiger partial charge in [-0.15, -0.1) is 0 Å². The Hall–Kier alpha value is -1.97. The van der Waals surface area contributed by atoms with Gasteiger partial charge in [0.25, 0.3) is 0 Å². The molecule has 1 aromatic heterocycles. The summed E-state index contributed by atoms with van der Waals surface area (Å²) in [5.74, 6) is -0.112. The van der Waals surface area contributed by atoms with E-state index >= 15 is 0 Å². The lowest BCUT2D eigenvalue weighted by atomic mass is 10.0. The zero-order valence-corrected chi connectivity index (χ0v) is 15.2. The molecule has 0 fully saturated rings. The highest BCUT2D eigenvalue weighted by Crippen LogP contribution is 2.33. The van der Waals surface area contributed by atoms with Crippen LogP contribution in [-0.4, -0.2) is 5.91 Å². The summed E-state index contributed by atoms with van der Waals surface area (Å²) in [6.07, 6.45) is 1.84. The number of carbonyl (C=O) groups excluding carboxylic acids is 1. The first-order valence-corrected chi connectivity index (χ1v) is 8.34. The van der Waals surface area contributed by atoms with Gasteiger partial charge in [-0.2, -0.15) is 0 Å². The fraction of sp³-hybridized carbons (Fsp3) is 0.211. The predicted molar refractivity (Wildman–Crippen MR) is 99.2 cm³/mol. The molecule has 0 saturated carbocycles. The molecule has 0 bridgehead atoms. The molecule has 0 aliphatic carbocycles. The lowest BCUT2D eigenvalue weighted by Crippen LogP contribution is -2.15. The number of rotatable bonds is 3. The topological polar surface area (TPSA) is 42.2 Å². The lowest BCUT2D eigenvalue weighted by molar-refractivity contribution is -0.115. The van der Waals surface area contributed by atoms with Gasteiger partial charge in [0.2, 0.25) is 5.91 Å². The van der Waals surface area contributed by atoms with Crippen molar-refractivity contribution in [2.45, 2.75) is 27.2 Å². The maximum atomic E-state index is 12.4. The minimum absolute atomic E-state index is 0.112. The normalized spacial score (nSPS) is 11.0. The lowest BCUT2D eigenvalue weighted by Gasteiger charge is -2.09. The Kier molecular flexibility index (Phi) is 4.57. The van der Waals surface area contributed by atoms with E-state index in [1.807, 2.05) is 32.9 Å². The van der Waals surface area contributed by atoms with Crippen molar-refractivity contribution < 1.29 is 9.21 Å². The Bertz CT molecular complexity index is 944. The minimum Gasteiger partial charge on any atom is -0.464 e. The quantitative estimate of drug-likeness (QED) is 0.635. The van der Waals surface area contributed by atoms with E-state index in [1.165, 1.54) is 0 Å². The monoisotopic (exact) mass is 361 g/mol. The Morgan fingerprint density at radius 1 is 1.12 bits per heavy atom. The highest BCUT2D eigenvalue weighted by atomic mass is 35.5. The minimum atomic E-state index is -0.112. The third kappa shape index (κ3) is 3.14. The van der Waals surface area contributed by atoms with Gasteiger partial charge in [-0.25, -0.2) is 0 Å². The van der Waals surface area contributed by atoms with Gasteiger partial charge >= 0.3 is 0 Å². The maximum Gasteiger partial charge on any atom is 0.228 e. The molecule has 1 heterocycles. The van der Waals surface area contributed by atoms with Gasteiger partial charge in [0.1, 0.15) is 5.58 Å². The molecule has 3 aromatic rings. The van der Waals surface area contributed by atoms with E-state index in [1.54, 1.807) is 18.4 Å². The van der Waals surface area contributed by atoms with Crippen LogP contribution in [0.15, 0.2) is 34.9 Å². The van der Waals surface area contributed by atoms with Crippen LogP contribution in [0.4, 0.5) is 5.69 Å². The Morgan fingerprint density at radius 3 is 2.58 bits per heavy atom.